The maximum Gasteiger partial charge on any atom is 0.163 e. The number of Topliss-reactive ketones (excluding diaryl/α,β-unsaturated/α-hetero) is 1. The highest BCUT2D eigenvalue weighted by Gasteiger charge is 2.19. The minimum Gasteiger partial charge on any atom is -0.392 e. The van der Waals surface area contributed by atoms with Crippen molar-refractivity contribution in [3.05, 3.63) is 34.9 Å². The van der Waals surface area contributed by atoms with Crippen LogP contribution in [-0.2, 0) is 16.1 Å². The summed E-state index contributed by atoms with van der Waals surface area (Å²) in [6.45, 7) is 0.877. The lowest BCUT2D eigenvalue weighted by Gasteiger charge is -2.10. The van der Waals surface area contributed by atoms with Crippen LogP contribution in [0.4, 0.5) is 0 Å². The highest BCUT2D eigenvalue weighted by molar-refractivity contribution is 5.97. The van der Waals surface area contributed by atoms with E-state index in [0.29, 0.717) is 42.7 Å². The first-order valence-electron chi connectivity index (χ1n) is 6.15. The SMILES string of the molecule is N#Cc1ccc(C(=O)CCC2OCCO2)c(CO)c1. The number of nitrogens with zero attached hydrogens (tertiary/aromatic N) is 1. The quantitative estimate of drug-likeness (QED) is 0.810. The van der Waals surface area contributed by atoms with Crippen LogP contribution in [0, 0.1) is 11.3 Å². The highest BCUT2D eigenvalue weighted by Crippen LogP contribution is 2.17. The smallest absolute Gasteiger partial charge is 0.163 e. The third-order valence-electron chi connectivity index (χ3n) is 3.00. The van der Waals surface area contributed by atoms with Crippen molar-refractivity contribution in [1.29, 1.82) is 5.26 Å². The number of hydrogen-bond donors (Lipinski definition) is 1. The molecule has 1 aromatic carbocycles. The zero-order valence-corrected chi connectivity index (χ0v) is 10.5. The Kier molecular flexibility index (Phi) is 4.63. The number of rotatable bonds is 5. The lowest BCUT2D eigenvalue weighted by molar-refractivity contribution is -0.0464. The number of aliphatic hydroxyl groups is 1. The number of benzene rings is 1. The van der Waals surface area contributed by atoms with Crippen LogP contribution in [0.3, 0.4) is 0 Å². The third-order valence-corrected chi connectivity index (χ3v) is 3.00. The molecule has 1 N–H and O–H groups in total. The second-order valence-electron chi connectivity index (χ2n) is 4.27. The first-order chi connectivity index (χ1) is 9.24. The average Bonchev–Trinajstić information content (AvgIpc) is 2.97. The molecular formula is C14H15NO4. The molecule has 0 aromatic heterocycles. The van der Waals surface area contributed by atoms with Gasteiger partial charge in [0.1, 0.15) is 0 Å². The van der Waals surface area contributed by atoms with Crippen LogP contribution in [0.25, 0.3) is 0 Å². The summed E-state index contributed by atoms with van der Waals surface area (Å²) in [5.41, 5.74) is 1.37. The zero-order valence-electron chi connectivity index (χ0n) is 10.5. The van der Waals surface area contributed by atoms with Crippen LogP contribution in [0.1, 0.15) is 34.3 Å². The van der Waals surface area contributed by atoms with Crippen LogP contribution < -0.4 is 0 Å². The van der Waals surface area contributed by atoms with E-state index in [1.54, 1.807) is 12.1 Å². The van der Waals surface area contributed by atoms with Gasteiger partial charge in [-0.1, -0.05) is 0 Å². The van der Waals surface area contributed by atoms with E-state index in [4.69, 9.17) is 14.7 Å². The minimum atomic E-state index is -0.306. The molecule has 1 aliphatic heterocycles. The largest absolute Gasteiger partial charge is 0.392 e. The van der Waals surface area contributed by atoms with Crippen molar-refractivity contribution in [2.75, 3.05) is 13.2 Å². The molecule has 0 atom stereocenters. The molecular weight excluding hydrogens is 246 g/mol. The van der Waals surface area contributed by atoms with Crippen molar-refractivity contribution in [3.63, 3.8) is 0 Å². The number of nitriles is 1. The second kappa shape index (κ2) is 6.43. The van der Waals surface area contributed by atoms with E-state index in [0.717, 1.165) is 0 Å². The number of aliphatic hydroxyl groups excluding tert-OH is 1. The molecule has 0 bridgehead atoms. The number of carbonyl (C=O) groups is 1. The summed E-state index contributed by atoms with van der Waals surface area (Å²) in [6.07, 6.45) is 0.493. The molecule has 2 rings (SSSR count). The van der Waals surface area contributed by atoms with E-state index in [9.17, 15) is 9.90 Å². The van der Waals surface area contributed by atoms with E-state index in [1.807, 2.05) is 6.07 Å². The number of ketones is 1. The first kappa shape index (κ1) is 13.7. The fourth-order valence-corrected chi connectivity index (χ4v) is 2.02. The molecule has 19 heavy (non-hydrogen) atoms. The van der Waals surface area contributed by atoms with Gasteiger partial charge in [0.15, 0.2) is 12.1 Å². The maximum absolute atomic E-state index is 12.1. The Bertz CT molecular complexity index is 501. The fraction of sp³-hybridized carbons (Fsp3) is 0.429. The summed E-state index contributed by atoms with van der Waals surface area (Å²) >= 11 is 0. The predicted octanol–water partition coefficient (Wildman–Crippen LogP) is 1.39. The molecule has 1 fully saturated rings. The summed E-state index contributed by atoms with van der Waals surface area (Å²) in [7, 11) is 0. The molecule has 0 amide bonds. The molecule has 5 heteroatoms. The van der Waals surface area contributed by atoms with Gasteiger partial charge in [0.2, 0.25) is 0 Å². The van der Waals surface area contributed by atoms with Crippen LogP contribution in [0.2, 0.25) is 0 Å². The van der Waals surface area contributed by atoms with Crippen LogP contribution in [-0.4, -0.2) is 30.4 Å². The molecule has 0 radical (unpaired) electrons. The van der Waals surface area contributed by atoms with Gasteiger partial charge < -0.3 is 14.6 Å². The Morgan fingerprint density at radius 2 is 2.16 bits per heavy atom. The molecule has 1 aliphatic rings. The molecule has 1 aromatic rings. The van der Waals surface area contributed by atoms with Gasteiger partial charge in [-0.2, -0.15) is 5.26 Å². The summed E-state index contributed by atoms with van der Waals surface area (Å²) in [5, 5.41) is 18.0. The Hall–Kier alpha value is -1.74. The molecule has 0 saturated carbocycles. The lowest BCUT2D eigenvalue weighted by atomic mass is 9.99. The van der Waals surface area contributed by atoms with Gasteiger partial charge in [-0.3, -0.25) is 4.79 Å². The fourth-order valence-electron chi connectivity index (χ4n) is 2.02. The maximum atomic E-state index is 12.1. The van der Waals surface area contributed by atoms with Crippen molar-refractivity contribution >= 4 is 5.78 Å². The van der Waals surface area contributed by atoms with Gasteiger partial charge in [-0.15, -0.1) is 0 Å². The zero-order chi connectivity index (χ0) is 13.7. The van der Waals surface area contributed by atoms with Crippen LogP contribution in [0.5, 0.6) is 0 Å². The Morgan fingerprint density at radius 3 is 2.79 bits per heavy atom. The van der Waals surface area contributed by atoms with Crippen molar-refractivity contribution < 1.29 is 19.4 Å². The topological polar surface area (TPSA) is 79.6 Å². The van der Waals surface area contributed by atoms with Gasteiger partial charge >= 0.3 is 0 Å². The summed E-state index contributed by atoms with van der Waals surface area (Å²) in [4.78, 5) is 12.1. The van der Waals surface area contributed by atoms with Crippen molar-refractivity contribution in [1.82, 2.24) is 0 Å². The van der Waals surface area contributed by atoms with Crippen LogP contribution >= 0.6 is 0 Å². The average molecular weight is 261 g/mol. The van der Waals surface area contributed by atoms with E-state index in [2.05, 4.69) is 0 Å². The van der Waals surface area contributed by atoms with Crippen LogP contribution in [0.15, 0.2) is 18.2 Å². The van der Waals surface area contributed by atoms with Crippen molar-refractivity contribution in [2.24, 2.45) is 0 Å². The van der Waals surface area contributed by atoms with E-state index in [1.165, 1.54) is 6.07 Å². The molecule has 1 saturated heterocycles. The van der Waals surface area contributed by atoms with E-state index in [-0.39, 0.29) is 18.7 Å². The first-order valence-corrected chi connectivity index (χ1v) is 6.15. The minimum absolute atomic E-state index is 0.0763. The van der Waals surface area contributed by atoms with Gasteiger partial charge in [0, 0.05) is 18.4 Å². The molecule has 100 valence electrons. The molecule has 1 heterocycles. The Balaban J connectivity index is 2.03. The molecule has 0 unspecified atom stereocenters. The Morgan fingerprint density at radius 1 is 1.42 bits per heavy atom. The molecule has 0 spiro atoms. The lowest BCUT2D eigenvalue weighted by Crippen LogP contribution is -2.12. The number of carbonyl (C=O) groups excluding carboxylic acids is 1. The van der Waals surface area contributed by atoms with Gasteiger partial charge in [0.25, 0.3) is 0 Å². The monoisotopic (exact) mass is 261 g/mol. The summed E-state index contributed by atoms with van der Waals surface area (Å²) < 4.78 is 10.5. The van der Waals surface area contributed by atoms with Crippen molar-refractivity contribution in [3.8, 4) is 6.07 Å². The highest BCUT2D eigenvalue weighted by atomic mass is 16.7. The molecule has 5 nitrogen and oxygen atoms in total. The standard InChI is InChI=1S/C14H15NO4/c15-8-10-1-2-12(11(7-10)9-16)13(17)3-4-14-18-5-6-19-14/h1-2,7,14,16H,3-6,9H2. The third kappa shape index (κ3) is 3.38. The normalized spacial score (nSPS) is 15.4. The van der Waals surface area contributed by atoms with Gasteiger partial charge in [-0.25, -0.2) is 0 Å². The van der Waals surface area contributed by atoms with Gasteiger partial charge in [-0.05, 0) is 23.8 Å². The number of hydrogen-bond acceptors (Lipinski definition) is 5. The van der Waals surface area contributed by atoms with Gasteiger partial charge in [0.05, 0.1) is 31.5 Å². The second-order valence-corrected chi connectivity index (χ2v) is 4.27. The summed E-state index contributed by atoms with van der Waals surface area (Å²) in [5.74, 6) is -0.0763. The predicted molar refractivity (Wildman–Crippen MR) is 66.3 cm³/mol. The molecule has 0 aliphatic carbocycles. The van der Waals surface area contributed by atoms with Crippen molar-refractivity contribution in [2.45, 2.75) is 25.7 Å². The summed E-state index contributed by atoms with van der Waals surface area (Å²) in [6, 6.07) is 6.68. The van der Waals surface area contributed by atoms with E-state index >= 15 is 0 Å². The van der Waals surface area contributed by atoms with E-state index < -0.39 is 0 Å². The Labute approximate surface area is 111 Å². The number of ether oxygens (including phenoxy) is 2.